The second-order valence-electron chi connectivity index (χ2n) is 20.0. The molecule has 0 aliphatic carbocycles. The number of hydrogen-bond acceptors (Lipinski definition) is 14. The van der Waals surface area contributed by atoms with Crippen molar-refractivity contribution >= 4 is 53.0 Å². The highest BCUT2D eigenvalue weighted by atomic mass is 16.6. The molecule has 0 spiro atoms. The van der Waals surface area contributed by atoms with Crippen molar-refractivity contribution in [2.24, 2.45) is 16.6 Å². The number of fused-ring (bicyclic) bond motifs is 6. The molecule has 5 N–H and O–H groups in total. The number of aliphatic imine (C=N–C) groups is 1. The number of nitrogens with zero attached hydrogens (tertiary/aromatic N) is 5. The van der Waals surface area contributed by atoms with E-state index in [1.54, 1.807) is 60.4 Å². The van der Waals surface area contributed by atoms with Crippen LogP contribution in [0.4, 0.5) is 21.9 Å². The average molecular weight is 1060 g/mol. The summed E-state index contributed by atoms with van der Waals surface area (Å²) in [5, 5.41) is 17.7. The number of hydrogen-bond donors (Lipinski definition) is 4. The fourth-order valence-electron chi connectivity index (χ4n) is 10.0. The van der Waals surface area contributed by atoms with Gasteiger partial charge in [-0.05, 0) is 89.9 Å². The Balaban J connectivity index is 0.852. The molecule has 10 rings (SSSR count). The van der Waals surface area contributed by atoms with Gasteiger partial charge in [-0.15, -0.1) is 0 Å². The van der Waals surface area contributed by atoms with E-state index in [0.29, 0.717) is 58.4 Å². The van der Waals surface area contributed by atoms with E-state index in [1.165, 1.54) is 31.9 Å². The van der Waals surface area contributed by atoms with Crippen molar-refractivity contribution < 1.29 is 52.8 Å². The van der Waals surface area contributed by atoms with Gasteiger partial charge in [-0.3, -0.25) is 29.2 Å². The Bertz CT molecular complexity index is 3330. The third-order valence-corrected chi connectivity index (χ3v) is 14.5. The summed E-state index contributed by atoms with van der Waals surface area (Å²) in [6, 6.07) is 31.4. The van der Waals surface area contributed by atoms with Crippen molar-refractivity contribution in [3.05, 3.63) is 166 Å². The van der Waals surface area contributed by atoms with E-state index in [2.05, 4.69) is 16.7 Å². The Hall–Kier alpha value is -8.81. The maximum Gasteiger partial charge on any atom is 0.416 e. The minimum absolute atomic E-state index is 0.0287. The lowest BCUT2D eigenvalue weighted by molar-refractivity contribution is -0.127. The molecule has 402 valence electrons. The zero-order chi connectivity index (χ0) is 54.8. The maximum absolute atomic E-state index is 14.7. The highest BCUT2D eigenvalue weighted by Crippen LogP contribution is 2.43. The molecule has 4 aliphatic heterocycles. The highest BCUT2D eigenvalue weighted by molar-refractivity contribution is 6.06. The summed E-state index contributed by atoms with van der Waals surface area (Å²) < 4.78 is 30.0. The number of aliphatic hydroxyl groups is 1. The zero-order valence-corrected chi connectivity index (χ0v) is 43.8. The number of methoxy groups -OCH3 is 2. The summed E-state index contributed by atoms with van der Waals surface area (Å²) in [6.07, 6.45) is 0.251. The molecule has 1 unspecified atom stereocenters. The van der Waals surface area contributed by atoms with Gasteiger partial charge in [0.15, 0.2) is 29.2 Å². The first-order valence-corrected chi connectivity index (χ1v) is 25.7. The number of carbonyl (C=O) groups is 5. The van der Waals surface area contributed by atoms with Crippen molar-refractivity contribution in [1.29, 1.82) is 0 Å². The number of nitrogens with one attached hydrogen (secondary N) is 2. The zero-order valence-electron chi connectivity index (χ0n) is 43.8. The summed E-state index contributed by atoms with van der Waals surface area (Å²) in [4.78, 5) is 82.4. The topological polar surface area (TPSA) is 237 Å². The van der Waals surface area contributed by atoms with Crippen molar-refractivity contribution in [1.82, 2.24) is 20.1 Å². The van der Waals surface area contributed by atoms with Crippen LogP contribution in [-0.2, 0) is 60.1 Å². The Morgan fingerprint density at radius 3 is 1.92 bits per heavy atom. The molecule has 0 radical (unpaired) electrons. The first-order valence-electron chi connectivity index (χ1n) is 25.7. The fourth-order valence-corrected chi connectivity index (χ4v) is 10.0. The molecule has 0 bridgehead atoms. The molecule has 5 aromatic carbocycles. The molecule has 5 atom stereocenters. The van der Waals surface area contributed by atoms with Gasteiger partial charge < -0.3 is 55.0 Å². The van der Waals surface area contributed by atoms with Crippen LogP contribution in [-0.4, -0.2) is 100 Å². The summed E-state index contributed by atoms with van der Waals surface area (Å²) in [6.45, 7) is 5.57. The van der Waals surface area contributed by atoms with E-state index in [-0.39, 0.29) is 73.4 Å². The van der Waals surface area contributed by atoms with Crippen LogP contribution in [0, 0.1) is 5.92 Å². The molecule has 4 aliphatic rings. The van der Waals surface area contributed by atoms with Crippen LogP contribution in [0.15, 0.2) is 120 Å². The lowest BCUT2D eigenvalue weighted by Crippen LogP contribution is -2.55. The smallest absolute Gasteiger partial charge is 0.416 e. The molecule has 1 aromatic heterocycles. The number of rotatable bonds is 15. The van der Waals surface area contributed by atoms with Crippen molar-refractivity contribution in [3.63, 3.8) is 0 Å². The molecular weight excluding hydrogens is 997 g/mol. The Morgan fingerprint density at radius 1 is 0.692 bits per heavy atom. The minimum atomic E-state index is -1.56. The van der Waals surface area contributed by atoms with Gasteiger partial charge in [-0.2, -0.15) is 0 Å². The largest absolute Gasteiger partial charge is 0.493 e. The van der Waals surface area contributed by atoms with Crippen molar-refractivity contribution in [2.75, 3.05) is 24.4 Å². The van der Waals surface area contributed by atoms with E-state index in [9.17, 15) is 29.1 Å². The van der Waals surface area contributed by atoms with E-state index >= 15 is 0 Å². The fraction of sp³-hybridized carbons (Fsp3) is 0.305. The third kappa shape index (κ3) is 10.8. The van der Waals surface area contributed by atoms with Crippen molar-refractivity contribution in [3.8, 4) is 23.0 Å². The minimum Gasteiger partial charge on any atom is -0.493 e. The SMILES string of the molecule is COc1cc2c(cc1OCc1cccc(COc3cc4c(cc3OC)C(=O)N3Cc5ccccc5C[C@H]3C(O)N4C(=O)OCc3ccc(NC(=O)[C@H](C)NC(=O)[C@@H](N)C(C)C)cc3)n1)N=C[C@@H]1Cc3ccccc3CN1C2=O. The molecule has 19 nitrogen and oxygen atoms in total. The van der Waals surface area contributed by atoms with Gasteiger partial charge in [-0.25, -0.2) is 9.69 Å². The van der Waals surface area contributed by atoms with Crippen LogP contribution in [0.25, 0.3) is 0 Å². The number of carbonyl (C=O) groups excluding carboxylic acids is 5. The molecule has 5 amide bonds. The Labute approximate surface area is 450 Å². The number of amides is 5. The third-order valence-electron chi connectivity index (χ3n) is 14.5. The quantitative estimate of drug-likeness (QED) is 0.0811. The standard InChI is InChI=1S/C59H60N8O11/c1-33(2)53(60)55(69)62-34(3)54(68)64-40-19-17-35(18-20-40)30-78-59(73)67-47-26-52(50(75-5)24-45(47)57(71)66-29-39-14-9-7-12-37(39)22-48(66)58(67)72)77-32-42-16-10-15-41(63-42)31-76-51-25-46-44(23-49(51)74-4)56(70)65-28-38-13-8-6-11-36(38)21-43(65)27-61-46/h6-20,23-27,33-34,43,48,53,58,72H,21-22,28-32,60H2,1-5H3,(H,62,69)(H,64,68)/t34-,43-,48-,53-,58?/m0/s1. The maximum atomic E-state index is 14.7. The first-order chi connectivity index (χ1) is 37.7. The van der Waals surface area contributed by atoms with E-state index < -0.39 is 48.2 Å². The van der Waals surface area contributed by atoms with Crippen molar-refractivity contribution in [2.45, 2.75) is 96.9 Å². The summed E-state index contributed by atoms with van der Waals surface area (Å²) in [5.41, 5.74) is 13.2. The second-order valence-corrected chi connectivity index (χ2v) is 20.0. The van der Waals surface area contributed by atoms with E-state index in [1.807, 2.05) is 73.5 Å². The number of aliphatic hydroxyl groups excluding tert-OH is 1. The molecule has 0 saturated heterocycles. The number of benzene rings is 5. The predicted molar refractivity (Wildman–Crippen MR) is 289 cm³/mol. The molecule has 5 heterocycles. The van der Waals surface area contributed by atoms with Crippen LogP contribution in [0.1, 0.15) is 80.7 Å². The van der Waals surface area contributed by atoms with Gasteiger partial charge in [0, 0.05) is 37.1 Å². The van der Waals surface area contributed by atoms with Crippen LogP contribution in [0.2, 0.25) is 0 Å². The van der Waals surface area contributed by atoms with Gasteiger partial charge in [0.25, 0.3) is 11.8 Å². The molecule has 0 saturated carbocycles. The number of pyridine rings is 1. The monoisotopic (exact) mass is 1060 g/mol. The van der Waals surface area contributed by atoms with Gasteiger partial charge >= 0.3 is 6.09 Å². The number of anilines is 2. The number of ether oxygens (including phenoxy) is 5. The van der Waals surface area contributed by atoms with Crippen LogP contribution in [0.3, 0.4) is 0 Å². The lowest BCUT2D eigenvalue weighted by Gasteiger charge is -2.39. The molecule has 0 fully saturated rings. The van der Waals surface area contributed by atoms with E-state index in [4.69, 9.17) is 39.4 Å². The Morgan fingerprint density at radius 2 is 1.28 bits per heavy atom. The normalized spacial score (nSPS) is 17.8. The Kier molecular flexibility index (Phi) is 15.1. The number of nitrogens with two attached hydrogens (primary N) is 1. The van der Waals surface area contributed by atoms with Crippen LogP contribution >= 0.6 is 0 Å². The van der Waals surface area contributed by atoms with Gasteiger partial charge in [-0.1, -0.05) is 80.6 Å². The lowest BCUT2D eigenvalue weighted by atomic mass is 9.93. The molecule has 6 aromatic rings. The van der Waals surface area contributed by atoms with Gasteiger partial charge in [0.1, 0.15) is 25.9 Å². The van der Waals surface area contributed by atoms with Gasteiger partial charge in [0.2, 0.25) is 11.8 Å². The second kappa shape index (κ2) is 22.4. The van der Waals surface area contributed by atoms with Gasteiger partial charge in [0.05, 0.1) is 66.2 Å². The van der Waals surface area contributed by atoms with Crippen LogP contribution < -0.4 is 40.2 Å². The molecular formula is C59H60N8O11. The van der Waals surface area contributed by atoms with Crippen LogP contribution in [0.5, 0.6) is 23.0 Å². The number of aromatic nitrogens is 1. The first kappa shape index (κ1) is 52.6. The highest BCUT2D eigenvalue weighted by Gasteiger charge is 2.45. The molecule has 78 heavy (non-hydrogen) atoms. The predicted octanol–water partition coefficient (Wildman–Crippen LogP) is 7.01. The molecule has 19 heteroatoms. The van der Waals surface area contributed by atoms with E-state index in [0.717, 1.165) is 21.6 Å². The summed E-state index contributed by atoms with van der Waals surface area (Å²) in [5.74, 6) is -0.472. The summed E-state index contributed by atoms with van der Waals surface area (Å²) >= 11 is 0. The average Bonchev–Trinajstić information content (AvgIpc) is 3.88. The summed E-state index contributed by atoms with van der Waals surface area (Å²) in [7, 11) is 2.95.